The minimum atomic E-state index is -3.86. The molecule has 0 aliphatic heterocycles. The Labute approximate surface area is 140 Å². The highest BCUT2D eigenvalue weighted by molar-refractivity contribution is 7.90. The summed E-state index contributed by atoms with van der Waals surface area (Å²) in [5.74, 6) is 0. The van der Waals surface area contributed by atoms with Crippen LogP contribution in [0.3, 0.4) is 0 Å². The molecule has 0 unspecified atom stereocenters. The van der Waals surface area contributed by atoms with E-state index in [1.54, 1.807) is 43.3 Å². The number of fused-ring (bicyclic) bond motifs is 1. The van der Waals surface area contributed by atoms with E-state index in [0.717, 1.165) is 5.39 Å². The van der Waals surface area contributed by atoms with Crippen LogP contribution < -0.4 is 0 Å². The third kappa shape index (κ3) is 2.32. The largest absolute Gasteiger partial charge is 0.411 e. The summed E-state index contributed by atoms with van der Waals surface area (Å²) in [5, 5.41) is 13.2. The van der Waals surface area contributed by atoms with Gasteiger partial charge in [-0.25, -0.2) is 12.4 Å². The normalized spacial score (nSPS) is 12.5. The van der Waals surface area contributed by atoms with Crippen LogP contribution in [0.25, 0.3) is 17.0 Å². The van der Waals surface area contributed by atoms with E-state index in [-0.39, 0.29) is 10.6 Å². The summed E-state index contributed by atoms with van der Waals surface area (Å²) in [6.45, 7) is 5.34. The average molecular weight is 340 g/mol. The van der Waals surface area contributed by atoms with Crippen molar-refractivity contribution in [3.63, 3.8) is 0 Å². The van der Waals surface area contributed by atoms with Gasteiger partial charge in [-0.15, -0.1) is 0 Å². The molecule has 0 spiro atoms. The Morgan fingerprint density at radius 3 is 2.38 bits per heavy atom. The van der Waals surface area contributed by atoms with Crippen LogP contribution in [0.2, 0.25) is 0 Å². The Morgan fingerprint density at radius 2 is 1.75 bits per heavy atom. The van der Waals surface area contributed by atoms with Gasteiger partial charge in [0.15, 0.2) is 0 Å². The van der Waals surface area contributed by atoms with Crippen molar-refractivity contribution >= 4 is 32.7 Å². The Balaban J connectivity index is 2.50. The molecule has 0 aliphatic rings. The molecule has 0 amide bonds. The molecule has 0 bridgehead atoms. The zero-order chi connectivity index (χ0) is 17.3. The van der Waals surface area contributed by atoms with Gasteiger partial charge in [0.25, 0.3) is 10.0 Å². The number of benzene rings is 2. The molecule has 1 N–H and O–H groups in total. The number of aromatic nitrogens is 1. The van der Waals surface area contributed by atoms with E-state index < -0.39 is 10.0 Å². The number of hydrogen-bond acceptors (Lipinski definition) is 4. The van der Waals surface area contributed by atoms with Crippen molar-refractivity contribution in [3.05, 3.63) is 72.4 Å². The van der Waals surface area contributed by atoms with Crippen molar-refractivity contribution in [2.45, 2.75) is 11.8 Å². The molecular weight excluding hydrogens is 324 g/mol. The van der Waals surface area contributed by atoms with Gasteiger partial charge in [-0.05, 0) is 25.1 Å². The molecule has 0 saturated heterocycles. The van der Waals surface area contributed by atoms with Crippen molar-refractivity contribution in [2.24, 2.45) is 5.16 Å². The smallest absolute Gasteiger partial charge is 0.268 e. The van der Waals surface area contributed by atoms with E-state index in [1.165, 1.54) is 16.1 Å². The van der Waals surface area contributed by atoms with Crippen LogP contribution in [-0.2, 0) is 10.0 Å². The SMILES string of the molecule is C=Cc1c(/C(C)=N/O)n(S(=O)(=O)c2ccccc2)c2ccccc12. The lowest BCUT2D eigenvalue weighted by Crippen LogP contribution is -2.18. The molecule has 3 rings (SSSR count). The lowest BCUT2D eigenvalue weighted by Gasteiger charge is -2.12. The summed E-state index contributed by atoms with van der Waals surface area (Å²) in [6, 6.07) is 15.3. The van der Waals surface area contributed by atoms with Gasteiger partial charge >= 0.3 is 0 Å². The van der Waals surface area contributed by atoms with Gasteiger partial charge < -0.3 is 5.21 Å². The lowest BCUT2D eigenvalue weighted by atomic mass is 10.1. The monoisotopic (exact) mass is 340 g/mol. The van der Waals surface area contributed by atoms with Gasteiger partial charge in [0.05, 0.1) is 16.1 Å². The van der Waals surface area contributed by atoms with E-state index in [0.29, 0.717) is 16.8 Å². The molecular formula is C18H16N2O3S. The lowest BCUT2D eigenvalue weighted by molar-refractivity contribution is 0.319. The van der Waals surface area contributed by atoms with Crippen molar-refractivity contribution in [1.29, 1.82) is 0 Å². The van der Waals surface area contributed by atoms with Gasteiger partial charge in [0, 0.05) is 10.9 Å². The molecule has 0 saturated carbocycles. The summed E-state index contributed by atoms with van der Waals surface area (Å²) < 4.78 is 27.6. The molecule has 3 aromatic rings. The third-order valence-electron chi connectivity index (χ3n) is 3.85. The Kier molecular flexibility index (Phi) is 3.99. The van der Waals surface area contributed by atoms with Crippen molar-refractivity contribution in [3.8, 4) is 0 Å². The van der Waals surface area contributed by atoms with Crippen LogP contribution in [0.5, 0.6) is 0 Å². The first kappa shape index (κ1) is 16.0. The Hall–Kier alpha value is -2.86. The molecule has 2 aromatic carbocycles. The van der Waals surface area contributed by atoms with Gasteiger partial charge in [-0.2, -0.15) is 0 Å². The van der Waals surface area contributed by atoms with Crippen LogP contribution in [0.15, 0.2) is 71.2 Å². The summed E-state index contributed by atoms with van der Waals surface area (Å²) in [4.78, 5) is 0.161. The number of hydrogen-bond donors (Lipinski definition) is 1. The fraction of sp³-hybridized carbons (Fsp3) is 0.0556. The van der Waals surface area contributed by atoms with Crippen LogP contribution in [0.1, 0.15) is 18.2 Å². The first-order chi connectivity index (χ1) is 11.5. The minimum Gasteiger partial charge on any atom is -0.411 e. The fourth-order valence-electron chi connectivity index (χ4n) is 2.78. The second-order valence-electron chi connectivity index (χ2n) is 5.25. The minimum absolute atomic E-state index is 0.161. The predicted molar refractivity (Wildman–Crippen MR) is 95.1 cm³/mol. The molecule has 0 aliphatic carbocycles. The number of para-hydroxylation sites is 1. The van der Waals surface area contributed by atoms with Crippen LogP contribution >= 0.6 is 0 Å². The summed E-state index contributed by atoms with van der Waals surface area (Å²) in [5.41, 5.74) is 1.62. The molecule has 122 valence electrons. The average Bonchev–Trinajstić information content (AvgIpc) is 2.96. The zero-order valence-corrected chi connectivity index (χ0v) is 13.9. The third-order valence-corrected chi connectivity index (χ3v) is 5.58. The Bertz CT molecular complexity index is 1050. The quantitative estimate of drug-likeness (QED) is 0.447. The maximum absolute atomic E-state index is 13.2. The fourth-order valence-corrected chi connectivity index (χ4v) is 4.38. The highest BCUT2D eigenvalue weighted by atomic mass is 32.2. The van der Waals surface area contributed by atoms with E-state index in [4.69, 9.17) is 0 Å². The van der Waals surface area contributed by atoms with Crippen LogP contribution in [-0.4, -0.2) is 23.3 Å². The van der Waals surface area contributed by atoms with Crippen molar-refractivity contribution in [1.82, 2.24) is 3.97 Å². The van der Waals surface area contributed by atoms with E-state index in [9.17, 15) is 13.6 Å². The number of oxime groups is 1. The second kappa shape index (κ2) is 5.98. The van der Waals surface area contributed by atoms with E-state index >= 15 is 0 Å². The van der Waals surface area contributed by atoms with E-state index in [2.05, 4.69) is 11.7 Å². The van der Waals surface area contributed by atoms with Gasteiger partial charge in [-0.1, -0.05) is 54.2 Å². The summed E-state index contributed by atoms with van der Waals surface area (Å²) in [7, 11) is -3.86. The highest BCUT2D eigenvalue weighted by Gasteiger charge is 2.27. The zero-order valence-electron chi connectivity index (χ0n) is 13.0. The molecule has 5 nitrogen and oxygen atoms in total. The van der Waals surface area contributed by atoms with E-state index in [1.807, 2.05) is 12.1 Å². The predicted octanol–water partition coefficient (Wildman–Crippen LogP) is 3.72. The van der Waals surface area contributed by atoms with Crippen molar-refractivity contribution < 1.29 is 13.6 Å². The summed E-state index contributed by atoms with van der Waals surface area (Å²) in [6.07, 6.45) is 1.57. The molecule has 1 heterocycles. The van der Waals surface area contributed by atoms with Gasteiger partial charge in [-0.3, -0.25) is 0 Å². The number of rotatable bonds is 4. The molecule has 0 fully saturated rings. The maximum Gasteiger partial charge on any atom is 0.268 e. The standard InChI is InChI=1S/C18H16N2O3S/c1-3-15-16-11-7-8-12-17(16)20(18(15)13(2)19-21)24(22,23)14-9-5-4-6-10-14/h3-12,21H,1H2,2H3/b19-13+. The number of nitrogens with zero attached hydrogens (tertiary/aromatic N) is 2. The van der Waals surface area contributed by atoms with Crippen LogP contribution in [0, 0.1) is 0 Å². The van der Waals surface area contributed by atoms with Gasteiger partial charge in [0.2, 0.25) is 0 Å². The Morgan fingerprint density at radius 1 is 1.12 bits per heavy atom. The molecule has 24 heavy (non-hydrogen) atoms. The maximum atomic E-state index is 13.2. The first-order valence-electron chi connectivity index (χ1n) is 7.28. The van der Waals surface area contributed by atoms with Crippen LogP contribution in [0.4, 0.5) is 0 Å². The second-order valence-corrected chi connectivity index (χ2v) is 7.04. The highest BCUT2D eigenvalue weighted by Crippen LogP contribution is 2.31. The molecule has 1 aromatic heterocycles. The molecule has 6 heteroatoms. The summed E-state index contributed by atoms with van der Waals surface area (Å²) >= 11 is 0. The molecule has 0 radical (unpaired) electrons. The first-order valence-corrected chi connectivity index (χ1v) is 8.72. The molecule has 0 atom stereocenters. The topological polar surface area (TPSA) is 71.7 Å². The van der Waals surface area contributed by atoms with Gasteiger partial charge in [0.1, 0.15) is 5.71 Å². The van der Waals surface area contributed by atoms with Crippen molar-refractivity contribution in [2.75, 3.05) is 0 Å².